The van der Waals surface area contributed by atoms with Crippen LogP contribution in [-0.2, 0) is 11.7 Å². The van der Waals surface area contributed by atoms with Gasteiger partial charge in [0.25, 0.3) is 5.91 Å². The molecule has 7 nitrogen and oxygen atoms in total. The third kappa shape index (κ3) is 5.52. The van der Waals surface area contributed by atoms with Crippen LogP contribution in [0.2, 0.25) is 5.02 Å². The fraction of sp³-hybridized carbons (Fsp3) is 0.500. The molecule has 0 spiro atoms. The molecule has 0 bridgehead atoms. The predicted octanol–water partition coefficient (Wildman–Crippen LogP) is 5.43. The van der Waals surface area contributed by atoms with Crippen molar-refractivity contribution in [1.82, 2.24) is 25.3 Å². The van der Waals surface area contributed by atoms with E-state index in [0.717, 1.165) is 6.07 Å². The van der Waals surface area contributed by atoms with Gasteiger partial charge in [0, 0.05) is 35.2 Å². The molecular formula is C24H28ClF3N6O. The number of fused-ring (bicyclic) bond motifs is 1. The summed E-state index contributed by atoms with van der Waals surface area (Å²) >= 11 is 6.14. The van der Waals surface area contributed by atoms with Crippen molar-refractivity contribution in [2.75, 3.05) is 11.9 Å². The van der Waals surface area contributed by atoms with Gasteiger partial charge in [-0.15, -0.1) is 5.10 Å². The average Bonchev–Trinajstić information content (AvgIpc) is 3.29. The van der Waals surface area contributed by atoms with Gasteiger partial charge in [-0.1, -0.05) is 16.8 Å². The van der Waals surface area contributed by atoms with Gasteiger partial charge in [-0.05, 0) is 70.7 Å². The van der Waals surface area contributed by atoms with Crippen molar-refractivity contribution in [2.45, 2.75) is 70.3 Å². The molecule has 0 atom stereocenters. The zero-order valence-corrected chi connectivity index (χ0v) is 20.8. The SMILES string of the molecule is CN(c1cc(C(F)(F)F)nc2ccc(Cl)cc12)C1CCC(NC(=O)c2cn(C(C)(C)C)nn2)CC1. The van der Waals surface area contributed by atoms with Crippen molar-refractivity contribution in [1.29, 1.82) is 0 Å². The van der Waals surface area contributed by atoms with Crippen molar-refractivity contribution in [2.24, 2.45) is 0 Å². The lowest BCUT2D eigenvalue weighted by Crippen LogP contribution is -2.43. The first kappa shape index (κ1) is 25.2. The highest BCUT2D eigenvalue weighted by Gasteiger charge is 2.35. The molecule has 1 saturated carbocycles. The molecule has 1 aromatic carbocycles. The fourth-order valence-corrected chi connectivity index (χ4v) is 4.55. The van der Waals surface area contributed by atoms with E-state index in [0.29, 0.717) is 41.8 Å². The molecule has 35 heavy (non-hydrogen) atoms. The molecule has 1 fully saturated rings. The summed E-state index contributed by atoms with van der Waals surface area (Å²) in [7, 11) is 1.80. The molecule has 1 aliphatic carbocycles. The number of alkyl halides is 3. The van der Waals surface area contributed by atoms with Gasteiger partial charge in [0.05, 0.1) is 17.3 Å². The smallest absolute Gasteiger partial charge is 0.371 e. The molecule has 3 aromatic rings. The number of nitrogens with zero attached hydrogens (tertiary/aromatic N) is 5. The Bertz CT molecular complexity index is 1230. The second kappa shape index (κ2) is 9.29. The first-order valence-electron chi connectivity index (χ1n) is 11.5. The maximum absolute atomic E-state index is 13.5. The molecule has 1 amide bonds. The van der Waals surface area contributed by atoms with Crippen LogP contribution in [0, 0.1) is 0 Å². The van der Waals surface area contributed by atoms with E-state index in [1.54, 1.807) is 24.0 Å². The summed E-state index contributed by atoms with van der Waals surface area (Å²) < 4.78 is 42.2. The highest BCUT2D eigenvalue weighted by Crippen LogP contribution is 2.37. The van der Waals surface area contributed by atoms with Crippen LogP contribution < -0.4 is 10.2 Å². The number of carbonyl (C=O) groups is 1. The minimum atomic E-state index is -4.56. The number of benzene rings is 1. The van der Waals surface area contributed by atoms with E-state index in [4.69, 9.17) is 11.6 Å². The Morgan fingerprint density at radius 3 is 2.43 bits per heavy atom. The number of nitrogens with one attached hydrogen (secondary N) is 1. The summed E-state index contributed by atoms with van der Waals surface area (Å²) in [4.78, 5) is 18.3. The Morgan fingerprint density at radius 1 is 1.14 bits per heavy atom. The van der Waals surface area contributed by atoms with Crippen LogP contribution in [0.5, 0.6) is 0 Å². The van der Waals surface area contributed by atoms with Crippen LogP contribution in [0.25, 0.3) is 10.9 Å². The van der Waals surface area contributed by atoms with Crippen LogP contribution in [0.15, 0.2) is 30.5 Å². The van der Waals surface area contributed by atoms with E-state index in [1.807, 2.05) is 25.7 Å². The molecule has 0 unspecified atom stereocenters. The minimum absolute atomic E-state index is 0.00980. The molecule has 1 N–H and O–H groups in total. The molecule has 4 rings (SSSR count). The Hall–Kier alpha value is -2.88. The average molecular weight is 509 g/mol. The molecule has 2 heterocycles. The predicted molar refractivity (Wildman–Crippen MR) is 129 cm³/mol. The highest BCUT2D eigenvalue weighted by molar-refractivity contribution is 6.31. The lowest BCUT2D eigenvalue weighted by molar-refractivity contribution is -0.140. The van der Waals surface area contributed by atoms with E-state index >= 15 is 0 Å². The number of rotatable bonds is 4. The summed E-state index contributed by atoms with van der Waals surface area (Å²) in [5.41, 5.74) is -0.259. The van der Waals surface area contributed by atoms with Gasteiger partial charge < -0.3 is 10.2 Å². The molecular weight excluding hydrogens is 481 g/mol. The first-order valence-corrected chi connectivity index (χ1v) is 11.8. The van der Waals surface area contributed by atoms with Crippen LogP contribution in [0.3, 0.4) is 0 Å². The third-order valence-corrected chi connectivity index (χ3v) is 6.65. The van der Waals surface area contributed by atoms with Crippen LogP contribution in [0.1, 0.15) is 62.6 Å². The standard InChI is InChI=1S/C24H28ClF3N6O/c1-23(2,3)34-13-19(31-32-34)22(35)29-15-6-8-16(9-7-15)33(4)20-12-21(24(26,27)28)30-18-10-5-14(25)11-17(18)20/h5,10-13,15-16H,6-9H2,1-4H3,(H,29,35). The van der Waals surface area contributed by atoms with Gasteiger partial charge in [-0.25, -0.2) is 9.67 Å². The minimum Gasteiger partial charge on any atom is -0.371 e. The van der Waals surface area contributed by atoms with E-state index in [-0.39, 0.29) is 34.7 Å². The van der Waals surface area contributed by atoms with E-state index in [9.17, 15) is 18.0 Å². The zero-order valence-electron chi connectivity index (χ0n) is 20.0. The first-order chi connectivity index (χ1) is 16.3. The van der Waals surface area contributed by atoms with Gasteiger partial charge in [-0.2, -0.15) is 13.2 Å². The number of halogens is 4. The van der Waals surface area contributed by atoms with Gasteiger partial charge in [-0.3, -0.25) is 4.79 Å². The van der Waals surface area contributed by atoms with E-state index in [2.05, 4.69) is 20.6 Å². The van der Waals surface area contributed by atoms with Crippen molar-refractivity contribution < 1.29 is 18.0 Å². The molecule has 0 aliphatic heterocycles. The number of pyridine rings is 1. The maximum atomic E-state index is 13.5. The van der Waals surface area contributed by atoms with Gasteiger partial charge in [0.2, 0.25) is 0 Å². The monoisotopic (exact) mass is 508 g/mol. The molecule has 11 heteroatoms. The number of hydrogen-bond acceptors (Lipinski definition) is 5. The lowest BCUT2D eigenvalue weighted by atomic mass is 9.89. The van der Waals surface area contributed by atoms with E-state index < -0.39 is 11.9 Å². The molecule has 1 aliphatic rings. The summed E-state index contributed by atoms with van der Waals surface area (Å²) in [6, 6.07) is 5.75. The highest BCUT2D eigenvalue weighted by atomic mass is 35.5. The number of anilines is 1. The Balaban J connectivity index is 1.46. The normalized spacial score (nSPS) is 19.1. The van der Waals surface area contributed by atoms with Crippen LogP contribution >= 0.6 is 11.6 Å². The van der Waals surface area contributed by atoms with Crippen LogP contribution in [-0.4, -0.2) is 45.0 Å². The largest absolute Gasteiger partial charge is 0.433 e. The van der Waals surface area contributed by atoms with Crippen molar-refractivity contribution >= 4 is 34.1 Å². The lowest BCUT2D eigenvalue weighted by Gasteiger charge is -2.36. The topological polar surface area (TPSA) is 75.9 Å². The quantitative estimate of drug-likeness (QED) is 0.508. The summed E-state index contributed by atoms with van der Waals surface area (Å²) in [5.74, 6) is -0.276. The van der Waals surface area contributed by atoms with Crippen molar-refractivity contribution in [3.05, 3.63) is 46.9 Å². The molecule has 188 valence electrons. The van der Waals surface area contributed by atoms with Gasteiger partial charge >= 0.3 is 6.18 Å². The number of amides is 1. The van der Waals surface area contributed by atoms with Crippen LogP contribution in [0.4, 0.5) is 18.9 Å². The summed E-state index contributed by atoms with van der Waals surface area (Å²) in [6.07, 6.45) is -0.106. The second-order valence-corrected chi connectivity index (χ2v) is 10.4. The summed E-state index contributed by atoms with van der Waals surface area (Å²) in [5, 5.41) is 12.0. The number of hydrogen-bond donors (Lipinski definition) is 1. The van der Waals surface area contributed by atoms with Gasteiger partial charge in [0.1, 0.15) is 5.69 Å². The van der Waals surface area contributed by atoms with Crippen molar-refractivity contribution in [3.8, 4) is 0 Å². The number of aromatic nitrogens is 4. The Kier molecular flexibility index (Phi) is 6.70. The Morgan fingerprint density at radius 2 is 1.83 bits per heavy atom. The maximum Gasteiger partial charge on any atom is 0.433 e. The van der Waals surface area contributed by atoms with Crippen molar-refractivity contribution in [3.63, 3.8) is 0 Å². The zero-order chi connectivity index (χ0) is 25.5. The molecule has 0 saturated heterocycles. The second-order valence-electron chi connectivity index (χ2n) is 9.99. The molecule has 0 radical (unpaired) electrons. The number of carbonyl (C=O) groups excluding carboxylic acids is 1. The van der Waals surface area contributed by atoms with E-state index in [1.165, 1.54) is 12.1 Å². The Labute approximate surface area is 206 Å². The molecule has 2 aromatic heterocycles. The van der Waals surface area contributed by atoms with Gasteiger partial charge in [0.15, 0.2) is 5.69 Å². The fourth-order valence-electron chi connectivity index (χ4n) is 4.38. The summed E-state index contributed by atoms with van der Waals surface area (Å²) in [6.45, 7) is 5.91. The third-order valence-electron chi connectivity index (χ3n) is 6.41.